The highest BCUT2D eigenvalue weighted by Gasteiger charge is 2.20. The van der Waals surface area contributed by atoms with Crippen molar-refractivity contribution in [2.45, 2.75) is 32.1 Å². The molecule has 1 atom stereocenters. The van der Waals surface area contributed by atoms with E-state index in [1.165, 1.54) is 0 Å². The van der Waals surface area contributed by atoms with Crippen molar-refractivity contribution in [2.75, 3.05) is 0 Å². The van der Waals surface area contributed by atoms with E-state index in [4.69, 9.17) is 15.2 Å². The average Bonchev–Trinajstić information content (AvgIpc) is 3.00. The van der Waals surface area contributed by atoms with Crippen molar-refractivity contribution < 1.29 is 19.1 Å². The molecule has 2 amide bonds. The van der Waals surface area contributed by atoms with E-state index in [1.54, 1.807) is 0 Å². The maximum Gasteiger partial charge on any atom is 0.240 e. The number of fused-ring (bicyclic) bond motifs is 1. The van der Waals surface area contributed by atoms with Gasteiger partial charge in [-0.2, -0.15) is 0 Å². The summed E-state index contributed by atoms with van der Waals surface area (Å²) in [7, 11) is 0. The monoisotopic (exact) mass is 544 g/mol. The van der Waals surface area contributed by atoms with Crippen molar-refractivity contribution >= 4 is 22.6 Å². The summed E-state index contributed by atoms with van der Waals surface area (Å²) in [6.45, 7) is 0.740. The number of amides is 2. The van der Waals surface area contributed by atoms with E-state index in [0.29, 0.717) is 24.7 Å². The second-order valence-corrected chi connectivity index (χ2v) is 9.91. The first-order chi connectivity index (χ1) is 20.0. The molecule has 0 bridgehead atoms. The standard InChI is InChI=1S/C35H32N2O4/c36-35(39)31(37-34(38)22-27-15-17-29-13-7-8-14-30(29)19-27)20-28-16-18-32(40-23-25-9-3-1-4-10-25)33(21-28)41-24-26-11-5-2-6-12-26/h1-19,21,31H,20,22-24H2,(H2,36,39)(H,37,38)/t31-/m1/s1. The second-order valence-electron chi connectivity index (χ2n) is 9.91. The largest absolute Gasteiger partial charge is 0.485 e. The number of ether oxygens (including phenoxy) is 2. The molecule has 0 aromatic heterocycles. The third kappa shape index (κ3) is 7.73. The number of rotatable bonds is 12. The first kappa shape index (κ1) is 27.5. The number of nitrogens with two attached hydrogens (primary N) is 1. The zero-order valence-corrected chi connectivity index (χ0v) is 22.7. The molecule has 0 spiro atoms. The van der Waals surface area contributed by atoms with Crippen LogP contribution in [0.1, 0.15) is 22.3 Å². The summed E-state index contributed by atoms with van der Waals surface area (Å²) in [6, 6.07) is 38.3. The van der Waals surface area contributed by atoms with Crippen LogP contribution in [0.5, 0.6) is 11.5 Å². The number of hydrogen-bond donors (Lipinski definition) is 2. The Morgan fingerprint density at radius 1 is 0.610 bits per heavy atom. The van der Waals surface area contributed by atoms with Gasteiger partial charge in [0.2, 0.25) is 11.8 Å². The Kier molecular flexibility index (Phi) is 8.91. The van der Waals surface area contributed by atoms with E-state index < -0.39 is 11.9 Å². The summed E-state index contributed by atoms with van der Waals surface area (Å²) >= 11 is 0. The molecule has 0 saturated carbocycles. The van der Waals surface area contributed by atoms with Gasteiger partial charge in [-0.1, -0.05) is 109 Å². The quantitative estimate of drug-likeness (QED) is 0.209. The van der Waals surface area contributed by atoms with Crippen LogP contribution >= 0.6 is 0 Å². The molecule has 6 heteroatoms. The number of carbonyl (C=O) groups is 2. The molecule has 0 radical (unpaired) electrons. The van der Waals surface area contributed by atoms with Crippen LogP contribution in [0, 0.1) is 0 Å². The number of nitrogens with one attached hydrogen (secondary N) is 1. The minimum absolute atomic E-state index is 0.145. The van der Waals surface area contributed by atoms with Gasteiger partial charge in [0.25, 0.3) is 0 Å². The first-order valence-corrected chi connectivity index (χ1v) is 13.6. The average molecular weight is 545 g/mol. The highest BCUT2D eigenvalue weighted by Crippen LogP contribution is 2.30. The number of carbonyl (C=O) groups excluding carboxylic acids is 2. The molecule has 0 aliphatic heterocycles. The van der Waals surface area contributed by atoms with Gasteiger partial charge in [-0.15, -0.1) is 0 Å². The van der Waals surface area contributed by atoms with E-state index in [1.807, 2.05) is 121 Å². The fraction of sp³-hybridized carbons (Fsp3) is 0.143. The third-order valence-electron chi connectivity index (χ3n) is 6.78. The third-order valence-corrected chi connectivity index (χ3v) is 6.78. The van der Waals surface area contributed by atoms with Gasteiger partial charge in [-0.25, -0.2) is 0 Å². The lowest BCUT2D eigenvalue weighted by atomic mass is 10.0. The normalized spacial score (nSPS) is 11.5. The van der Waals surface area contributed by atoms with Gasteiger partial charge in [0.05, 0.1) is 6.42 Å². The van der Waals surface area contributed by atoms with Crippen LogP contribution < -0.4 is 20.5 Å². The lowest BCUT2D eigenvalue weighted by molar-refractivity contribution is -0.127. The molecule has 6 nitrogen and oxygen atoms in total. The smallest absolute Gasteiger partial charge is 0.240 e. The zero-order valence-electron chi connectivity index (χ0n) is 22.7. The Bertz CT molecular complexity index is 1620. The van der Waals surface area contributed by atoms with Crippen molar-refractivity contribution in [2.24, 2.45) is 5.73 Å². The molecule has 0 heterocycles. The SMILES string of the molecule is NC(=O)[C@@H](Cc1ccc(OCc2ccccc2)c(OCc2ccccc2)c1)NC(=O)Cc1ccc2ccccc2c1. The Labute approximate surface area is 239 Å². The maximum absolute atomic E-state index is 12.9. The summed E-state index contributed by atoms with van der Waals surface area (Å²) in [5, 5.41) is 4.98. The van der Waals surface area contributed by atoms with E-state index >= 15 is 0 Å². The minimum atomic E-state index is -0.874. The van der Waals surface area contributed by atoms with Crippen LogP contribution in [0.25, 0.3) is 10.8 Å². The predicted molar refractivity (Wildman–Crippen MR) is 160 cm³/mol. The van der Waals surface area contributed by atoms with Gasteiger partial charge >= 0.3 is 0 Å². The number of benzene rings is 5. The number of hydrogen-bond acceptors (Lipinski definition) is 4. The van der Waals surface area contributed by atoms with Crippen molar-refractivity contribution in [3.63, 3.8) is 0 Å². The van der Waals surface area contributed by atoms with Crippen molar-refractivity contribution in [1.82, 2.24) is 5.32 Å². The summed E-state index contributed by atoms with van der Waals surface area (Å²) in [6.07, 6.45) is 0.367. The van der Waals surface area contributed by atoms with Gasteiger partial charge in [-0.3, -0.25) is 9.59 Å². The molecule has 0 saturated heterocycles. The van der Waals surface area contributed by atoms with Crippen LogP contribution in [-0.2, 0) is 35.6 Å². The molecule has 0 fully saturated rings. The van der Waals surface area contributed by atoms with E-state index in [2.05, 4.69) is 5.32 Å². The van der Waals surface area contributed by atoms with Gasteiger partial charge < -0.3 is 20.5 Å². The summed E-state index contributed by atoms with van der Waals surface area (Å²) in [5.41, 5.74) is 9.41. The summed E-state index contributed by atoms with van der Waals surface area (Å²) < 4.78 is 12.3. The predicted octanol–water partition coefficient (Wildman–Crippen LogP) is 5.75. The minimum Gasteiger partial charge on any atom is -0.485 e. The Balaban J connectivity index is 1.29. The molecule has 206 valence electrons. The Morgan fingerprint density at radius 3 is 1.85 bits per heavy atom. The van der Waals surface area contributed by atoms with Gasteiger partial charge in [-0.05, 0) is 45.2 Å². The molecular formula is C35H32N2O4. The van der Waals surface area contributed by atoms with E-state index in [9.17, 15) is 9.59 Å². The van der Waals surface area contributed by atoms with E-state index in [0.717, 1.165) is 33.0 Å². The number of primary amides is 1. The molecule has 0 unspecified atom stereocenters. The Hall–Kier alpha value is -5.10. The molecule has 0 aliphatic carbocycles. The highest BCUT2D eigenvalue weighted by atomic mass is 16.5. The summed E-state index contributed by atoms with van der Waals surface area (Å²) in [5.74, 6) is 0.262. The molecule has 5 aromatic carbocycles. The van der Waals surface area contributed by atoms with Crippen LogP contribution in [0.3, 0.4) is 0 Å². The van der Waals surface area contributed by atoms with E-state index in [-0.39, 0.29) is 18.7 Å². The van der Waals surface area contributed by atoms with Gasteiger partial charge in [0, 0.05) is 6.42 Å². The molecular weight excluding hydrogens is 512 g/mol. The van der Waals surface area contributed by atoms with Crippen LogP contribution in [0.4, 0.5) is 0 Å². The molecule has 3 N–H and O–H groups in total. The fourth-order valence-corrected chi connectivity index (χ4v) is 4.62. The van der Waals surface area contributed by atoms with Crippen molar-refractivity contribution in [1.29, 1.82) is 0 Å². The lowest BCUT2D eigenvalue weighted by Crippen LogP contribution is -2.46. The molecule has 5 rings (SSSR count). The van der Waals surface area contributed by atoms with Gasteiger partial charge in [0.1, 0.15) is 19.3 Å². The molecule has 0 aliphatic rings. The topological polar surface area (TPSA) is 90.7 Å². The van der Waals surface area contributed by atoms with Crippen LogP contribution in [-0.4, -0.2) is 17.9 Å². The maximum atomic E-state index is 12.9. The molecule has 5 aromatic rings. The van der Waals surface area contributed by atoms with Gasteiger partial charge in [0.15, 0.2) is 11.5 Å². The molecule has 41 heavy (non-hydrogen) atoms. The summed E-state index contributed by atoms with van der Waals surface area (Å²) in [4.78, 5) is 25.2. The Morgan fingerprint density at radius 2 is 1.20 bits per heavy atom. The first-order valence-electron chi connectivity index (χ1n) is 13.6. The van der Waals surface area contributed by atoms with Crippen LogP contribution in [0.2, 0.25) is 0 Å². The highest BCUT2D eigenvalue weighted by molar-refractivity contribution is 5.89. The van der Waals surface area contributed by atoms with Crippen LogP contribution in [0.15, 0.2) is 121 Å². The fourth-order valence-electron chi connectivity index (χ4n) is 4.62. The second kappa shape index (κ2) is 13.3. The van der Waals surface area contributed by atoms with Crippen molar-refractivity contribution in [3.05, 3.63) is 144 Å². The van der Waals surface area contributed by atoms with Crippen molar-refractivity contribution in [3.8, 4) is 11.5 Å². The lowest BCUT2D eigenvalue weighted by Gasteiger charge is -2.18. The zero-order chi connectivity index (χ0) is 28.4.